The highest BCUT2D eigenvalue weighted by molar-refractivity contribution is 4.81. The van der Waals surface area contributed by atoms with Crippen molar-refractivity contribution in [1.82, 2.24) is 10.2 Å². The number of hydrogen-bond donors (Lipinski definition) is 1. The van der Waals surface area contributed by atoms with Crippen LogP contribution < -0.4 is 5.32 Å². The van der Waals surface area contributed by atoms with Crippen LogP contribution >= 0.6 is 0 Å². The highest BCUT2D eigenvalue weighted by atomic mass is 16.5. The summed E-state index contributed by atoms with van der Waals surface area (Å²) in [6.07, 6.45) is 4.82. The lowest BCUT2D eigenvalue weighted by Gasteiger charge is -2.34. The molecular formula is C13H30N2O. The van der Waals surface area contributed by atoms with E-state index in [9.17, 15) is 0 Å². The van der Waals surface area contributed by atoms with Crippen LogP contribution in [-0.2, 0) is 4.74 Å². The summed E-state index contributed by atoms with van der Waals surface area (Å²) in [5, 5.41) is 3.45. The topological polar surface area (TPSA) is 24.5 Å². The second-order valence-corrected chi connectivity index (χ2v) is 4.49. The summed E-state index contributed by atoms with van der Waals surface area (Å²) in [6, 6.07) is 1.25. The van der Waals surface area contributed by atoms with E-state index in [-0.39, 0.29) is 0 Å². The van der Waals surface area contributed by atoms with E-state index in [2.05, 4.69) is 38.2 Å². The Morgan fingerprint density at radius 2 is 2.00 bits per heavy atom. The first-order chi connectivity index (χ1) is 7.71. The molecule has 0 saturated heterocycles. The predicted molar refractivity (Wildman–Crippen MR) is 71.0 cm³/mol. The minimum absolute atomic E-state index is 0.613. The Morgan fingerprint density at radius 1 is 1.31 bits per heavy atom. The third-order valence-electron chi connectivity index (χ3n) is 3.28. The molecule has 0 saturated carbocycles. The molecule has 0 aliphatic heterocycles. The van der Waals surface area contributed by atoms with Crippen molar-refractivity contribution in [2.24, 2.45) is 0 Å². The Bertz CT molecular complexity index is 153. The zero-order valence-corrected chi connectivity index (χ0v) is 11.8. The molecule has 0 fully saturated rings. The van der Waals surface area contributed by atoms with Gasteiger partial charge in [0.15, 0.2) is 0 Å². The molecule has 0 aromatic rings. The molecular weight excluding hydrogens is 200 g/mol. The minimum Gasteiger partial charge on any atom is -0.385 e. The number of ether oxygens (including phenoxy) is 1. The van der Waals surface area contributed by atoms with Crippen molar-refractivity contribution in [2.45, 2.75) is 51.6 Å². The summed E-state index contributed by atoms with van der Waals surface area (Å²) in [5.74, 6) is 0. The van der Waals surface area contributed by atoms with Crippen LogP contribution in [0.5, 0.6) is 0 Å². The molecule has 0 radical (unpaired) electrons. The van der Waals surface area contributed by atoms with E-state index in [4.69, 9.17) is 4.74 Å². The van der Waals surface area contributed by atoms with E-state index in [1.165, 1.54) is 19.3 Å². The van der Waals surface area contributed by atoms with Crippen molar-refractivity contribution in [3.8, 4) is 0 Å². The van der Waals surface area contributed by atoms with E-state index < -0.39 is 0 Å². The second kappa shape index (κ2) is 10.1. The van der Waals surface area contributed by atoms with Gasteiger partial charge in [0.2, 0.25) is 0 Å². The summed E-state index contributed by atoms with van der Waals surface area (Å²) in [7, 11) is 6.07. The van der Waals surface area contributed by atoms with E-state index in [1.807, 2.05) is 0 Å². The van der Waals surface area contributed by atoms with Crippen LogP contribution in [0.15, 0.2) is 0 Å². The highest BCUT2D eigenvalue weighted by Gasteiger charge is 2.21. The largest absolute Gasteiger partial charge is 0.385 e. The van der Waals surface area contributed by atoms with Crippen LogP contribution in [0.25, 0.3) is 0 Å². The average molecular weight is 230 g/mol. The Kier molecular flexibility index (Phi) is 9.99. The van der Waals surface area contributed by atoms with Crippen LogP contribution in [0.1, 0.15) is 39.5 Å². The van der Waals surface area contributed by atoms with Crippen molar-refractivity contribution >= 4 is 0 Å². The Morgan fingerprint density at radius 3 is 2.44 bits per heavy atom. The zero-order valence-electron chi connectivity index (χ0n) is 11.8. The molecule has 0 aliphatic rings. The van der Waals surface area contributed by atoms with Gasteiger partial charge in [-0.15, -0.1) is 0 Å². The summed E-state index contributed by atoms with van der Waals surface area (Å²) < 4.78 is 5.10. The summed E-state index contributed by atoms with van der Waals surface area (Å²) >= 11 is 0. The minimum atomic E-state index is 0.613. The van der Waals surface area contributed by atoms with Gasteiger partial charge in [0.1, 0.15) is 0 Å². The van der Waals surface area contributed by atoms with Crippen molar-refractivity contribution in [1.29, 1.82) is 0 Å². The number of likely N-dealkylation sites (N-methyl/N-ethyl adjacent to an activating group) is 2. The predicted octanol–water partition coefficient (Wildman–Crippen LogP) is 2.12. The number of nitrogens with zero attached hydrogens (tertiary/aromatic N) is 1. The molecule has 3 heteroatoms. The summed E-state index contributed by atoms with van der Waals surface area (Å²) in [4.78, 5) is 2.47. The Labute approximate surface area is 102 Å². The Balaban J connectivity index is 4.10. The zero-order chi connectivity index (χ0) is 12.4. The monoisotopic (exact) mass is 230 g/mol. The van der Waals surface area contributed by atoms with Gasteiger partial charge >= 0.3 is 0 Å². The van der Waals surface area contributed by atoms with Crippen LogP contribution in [-0.4, -0.2) is 51.3 Å². The number of methoxy groups -OCH3 is 1. The Hall–Kier alpha value is -0.120. The van der Waals surface area contributed by atoms with E-state index in [0.29, 0.717) is 12.1 Å². The average Bonchev–Trinajstić information content (AvgIpc) is 2.29. The van der Waals surface area contributed by atoms with Crippen LogP contribution in [0.2, 0.25) is 0 Å². The van der Waals surface area contributed by atoms with Gasteiger partial charge in [-0.1, -0.05) is 20.3 Å². The van der Waals surface area contributed by atoms with Gasteiger partial charge in [0.05, 0.1) is 0 Å². The number of nitrogens with one attached hydrogen (secondary N) is 1. The standard InChI is InChI=1S/C13H30N2O/c1-6-9-12(14-3)13(7-2)15(4)10-8-11-16-5/h12-14H,6-11H2,1-5H3. The smallest absolute Gasteiger partial charge is 0.0474 e. The first kappa shape index (κ1) is 15.9. The molecule has 1 N–H and O–H groups in total. The van der Waals surface area contributed by atoms with Gasteiger partial charge in [-0.2, -0.15) is 0 Å². The van der Waals surface area contributed by atoms with Gasteiger partial charge in [0, 0.05) is 32.3 Å². The molecule has 3 nitrogen and oxygen atoms in total. The maximum Gasteiger partial charge on any atom is 0.0474 e. The van der Waals surface area contributed by atoms with Gasteiger partial charge in [-0.25, -0.2) is 0 Å². The number of rotatable bonds is 10. The molecule has 0 spiro atoms. The molecule has 0 amide bonds. The highest BCUT2D eigenvalue weighted by Crippen LogP contribution is 2.12. The molecule has 0 heterocycles. The van der Waals surface area contributed by atoms with Gasteiger partial charge < -0.3 is 15.0 Å². The van der Waals surface area contributed by atoms with E-state index in [1.54, 1.807) is 7.11 Å². The van der Waals surface area contributed by atoms with Crippen molar-refractivity contribution in [2.75, 3.05) is 34.4 Å². The SMILES string of the molecule is CCCC(NC)C(CC)N(C)CCCOC. The molecule has 98 valence electrons. The first-order valence-corrected chi connectivity index (χ1v) is 6.57. The lowest BCUT2D eigenvalue weighted by molar-refractivity contribution is 0.146. The molecule has 0 aromatic carbocycles. The second-order valence-electron chi connectivity index (χ2n) is 4.49. The fourth-order valence-corrected chi connectivity index (χ4v) is 2.37. The van der Waals surface area contributed by atoms with Crippen LogP contribution in [0.3, 0.4) is 0 Å². The van der Waals surface area contributed by atoms with Crippen molar-refractivity contribution in [3.63, 3.8) is 0 Å². The molecule has 16 heavy (non-hydrogen) atoms. The van der Waals surface area contributed by atoms with E-state index in [0.717, 1.165) is 19.6 Å². The maximum absolute atomic E-state index is 5.10. The molecule has 0 bridgehead atoms. The van der Waals surface area contributed by atoms with Gasteiger partial charge in [-0.3, -0.25) is 0 Å². The third-order valence-corrected chi connectivity index (χ3v) is 3.28. The molecule has 0 aliphatic carbocycles. The maximum atomic E-state index is 5.10. The normalized spacial score (nSPS) is 15.4. The lowest BCUT2D eigenvalue weighted by Crippen LogP contribution is -2.47. The van der Waals surface area contributed by atoms with Gasteiger partial charge in [0.25, 0.3) is 0 Å². The molecule has 0 aromatic heterocycles. The van der Waals surface area contributed by atoms with Crippen molar-refractivity contribution < 1.29 is 4.74 Å². The quantitative estimate of drug-likeness (QED) is 0.582. The third kappa shape index (κ3) is 5.83. The summed E-state index contributed by atoms with van der Waals surface area (Å²) in [5.41, 5.74) is 0. The lowest BCUT2D eigenvalue weighted by atomic mass is 9.99. The fourth-order valence-electron chi connectivity index (χ4n) is 2.37. The van der Waals surface area contributed by atoms with Gasteiger partial charge in [-0.05, 0) is 33.4 Å². The fraction of sp³-hybridized carbons (Fsp3) is 1.00. The molecule has 2 atom stereocenters. The van der Waals surface area contributed by atoms with Crippen LogP contribution in [0.4, 0.5) is 0 Å². The first-order valence-electron chi connectivity index (χ1n) is 6.57. The van der Waals surface area contributed by atoms with Crippen molar-refractivity contribution in [3.05, 3.63) is 0 Å². The molecule has 2 unspecified atom stereocenters. The molecule has 0 rings (SSSR count). The van der Waals surface area contributed by atoms with E-state index >= 15 is 0 Å². The summed E-state index contributed by atoms with van der Waals surface area (Å²) in [6.45, 7) is 6.51. The number of hydrogen-bond acceptors (Lipinski definition) is 3. The van der Waals surface area contributed by atoms with Crippen LogP contribution in [0, 0.1) is 0 Å².